The molecule has 1 fully saturated rings. The molecule has 1 saturated heterocycles. The Balaban J connectivity index is 1.43. The van der Waals surface area contributed by atoms with E-state index in [1.54, 1.807) is 0 Å². The molecule has 1 aliphatic heterocycles. The van der Waals surface area contributed by atoms with E-state index in [2.05, 4.69) is 41.4 Å². The maximum Gasteiger partial charge on any atom is 0.225 e. The molecule has 34 heavy (non-hydrogen) atoms. The van der Waals surface area contributed by atoms with Gasteiger partial charge in [0.1, 0.15) is 0 Å². The summed E-state index contributed by atoms with van der Waals surface area (Å²) in [6.45, 7) is 13.7. The van der Waals surface area contributed by atoms with Crippen LogP contribution in [0.3, 0.4) is 0 Å². The molecule has 8 nitrogen and oxygen atoms in total. The Labute approximate surface area is 203 Å². The predicted molar refractivity (Wildman–Crippen MR) is 134 cm³/mol. The third-order valence-electron chi connectivity index (χ3n) is 6.13. The number of morpholine rings is 1. The van der Waals surface area contributed by atoms with E-state index in [0.29, 0.717) is 31.7 Å². The van der Waals surface area contributed by atoms with Crippen LogP contribution in [0.15, 0.2) is 24.3 Å². The highest BCUT2D eigenvalue weighted by atomic mass is 16.5. The summed E-state index contributed by atoms with van der Waals surface area (Å²) >= 11 is 0. The number of aryl methyl sites for hydroxylation is 1. The van der Waals surface area contributed by atoms with Crippen LogP contribution in [0, 0.1) is 19.8 Å². The summed E-state index contributed by atoms with van der Waals surface area (Å²) in [4.78, 5) is 27.0. The van der Waals surface area contributed by atoms with Crippen LogP contribution in [-0.4, -0.2) is 59.3 Å². The zero-order valence-electron chi connectivity index (χ0n) is 21.0. The van der Waals surface area contributed by atoms with Crippen molar-refractivity contribution in [3.63, 3.8) is 0 Å². The van der Waals surface area contributed by atoms with Gasteiger partial charge in [-0.1, -0.05) is 26.0 Å². The molecule has 186 valence electrons. The molecule has 2 aromatic rings. The smallest absolute Gasteiger partial charge is 0.225 e. The van der Waals surface area contributed by atoms with Gasteiger partial charge >= 0.3 is 0 Å². The van der Waals surface area contributed by atoms with Crippen molar-refractivity contribution in [2.75, 3.05) is 38.2 Å². The maximum absolute atomic E-state index is 12.5. The minimum atomic E-state index is -0.00331. The number of rotatable bonds is 11. The normalized spacial score (nSPS) is 14.4. The van der Waals surface area contributed by atoms with Crippen LogP contribution in [0.5, 0.6) is 0 Å². The Morgan fingerprint density at radius 2 is 1.88 bits per heavy atom. The van der Waals surface area contributed by atoms with Crippen LogP contribution in [0.4, 0.5) is 5.69 Å². The molecule has 0 spiro atoms. The van der Waals surface area contributed by atoms with Crippen molar-refractivity contribution in [2.24, 2.45) is 5.92 Å². The summed E-state index contributed by atoms with van der Waals surface area (Å²) < 4.78 is 7.39. The summed E-state index contributed by atoms with van der Waals surface area (Å²) in [5, 5.41) is 10.6. The summed E-state index contributed by atoms with van der Waals surface area (Å²) in [6, 6.07) is 7.64. The molecule has 0 bridgehead atoms. The first-order valence-electron chi connectivity index (χ1n) is 12.3. The Morgan fingerprint density at radius 1 is 1.12 bits per heavy atom. The number of nitrogens with zero attached hydrogens (tertiary/aromatic N) is 3. The van der Waals surface area contributed by atoms with E-state index in [1.807, 2.05) is 35.9 Å². The number of ether oxygens (including phenoxy) is 1. The van der Waals surface area contributed by atoms with E-state index >= 15 is 0 Å². The number of benzene rings is 1. The highest BCUT2D eigenvalue weighted by molar-refractivity contribution is 5.90. The zero-order valence-corrected chi connectivity index (χ0v) is 21.0. The van der Waals surface area contributed by atoms with Gasteiger partial charge in [0.05, 0.1) is 18.9 Å². The number of hydrogen-bond acceptors (Lipinski definition) is 5. The SMILES string of the molecule is Cc1nn(CC(C)C)c(C)c1CCC(=O)NCc1cccc(NC(=O)CCN2CCOCC2)c1. The number of carbonyl (C=O) groups is 2. The lowest BCUT2D eigenvalue weighted by molar-refractivity contribution is -0.121. The highest BCUT2D eigenvalue weighted by Gasteiger charge is 2.14. The summed E-state index contributed by atoms with van der Waals surface area (Å²) in [6.07, 6.45) is 1.56. The maximum atomic E-state index is 12.5. The molecule has 2 N–H and O–H groups in total. The topological polar surface area (TPSA) is 88.5 Å². The van der Waals surface area contributed by atoms with Gasteiger partial charge < -0.3 is 15.4 Å². The summed E-state index contributed by atoms with van der Waals surface area (Å²) in [5.41, 5.74) is 5.02. The zero-order chi connectivity index (χ0) is 24.5. The number of anilines is 1. The molecule has 3 rings (SSSR count). The van der Waals surface area contributed by atoms with E-state index < -0.39 is 0 Å². The number of amides is 2. The quantitative estimate of drug-likeness (QED) is 0.528. The minimum Gasteiger partial charge on any atom is -0.379 e. The van der Waals surface area contributed by atoms with Gasteiger partial charge in [-0.15, -0.1) is 0 Å². The van der Waals surface area contributed by atoms with Crippen LogP contribution in [0.1, 0.15) is 49.2 Å². The number of hydrogen-bond donors (Lipinski definition) is 2. The third-order valence-corrected chi connectivity index (χ3v) is 6.13. The molecule has 0 aliphatic carbocycles. The van der Waals surface area contributed by atoms with Gasteiger partial charge in [0.25, 0.3) is 0 Å². The Hall–Kier alpha value is -2.71. The van der Waals surface area contributed by atoms with Gasteiger partial charge in [-0.25, -0.2) is 0 Å². The molecule has 0 unspecified atom stereocenters. The standard InChI is InChI=1S/C26H39N5O3/c1-19(2)18-31-21(4)24(20(3)29-31)8-9-25(32)27-17-22-6-5-7-23(16-22)28-26(33)10-11-30-12-14-34-15-13-30/h5-7,16,19H,8-15,17-18H2,1-4H3,(H,27,32)(H,28,33). The lowest BCUT2D eigenvalue weighted by Gasteiger charge is -2.26. The lowest BCUT2D eigenvalue weighted by Crippen LogP contribution is -2.38. The summed E-state index contributed by atoms with van der Waals surface area (Å²) in [5.74, 6) is 0.534. The first kappa shape index (κ1) is 25.9. The van der Waals surface area contributed by atoms with Crippen molar-refractivity contribution in [1.82, 2.24) is 20.0 Å². The lowest BCUT2D eigenvalue weighted by atomic mass is 10.1. The molecule has 2 amide bonds. The second-order valence-corrected chi connectivity index (χ2v) is 9.45. The van der Waals surface area contributed by atoms with Gasteiger partial charge in [-0.2, -0.15) is 5.10 Å². The van der Waals surface area contributed by atoms with Crippen molar-refractivity contribution in [3.8, 4) is 0 Å². The van der Waals surface area contributed by atoms with Crippen molar-refractivity contribution < 1.29 is 14.3 Å². The largest absolute Gasteiger partial charge is 0.379 e. The first-order valence-corrected chi connectivity index (χ1v) is 12.3. The predicted octanol–water partition coefficient (Wildman–Crippen LogP) is 3.07. The molecular formula is C26H39N5O3. The van der Waals surface area contributed by atoms with Gasteiger partial charge in [0.2, 0.25) is 11.8 Å². The van der Waals surface area contributed by atoms with E-state index in [1.165, 1.54) is 0 Å². The fraction of sp³-hybridized carbons (Fsp3) is 0.577. The van der Waals surface area contributed by atoms with Crippen LogP contribution < -0.4 is 10.6 Å². The monoisotopic (exact) mass is 469 g/mol. The van der Waals surface area contributed by atoms with Gasteiger partial charge in [0.15, 0.2) is 0 Å². The Bertz CT molecular complexity index is 963. The average molecular weight is 470 g/mol. The van der Waals surface area contributed by atoms with Crippen molar-refractivity contribution >= 4 is 17.5 Å². The molecule has 0 atom stereocenters. The third kappa shape index (κ3) is 7.95. The van der Waals surface area contributed by atoms with Gasteiger partial charge in [-0.05, 0) is 49.4 Å². The van der Waals surface area contributed by atoms with Crippen molar-refractivity contribution in [3.05, 3.63) is 46.8 Å². The van der Waals surface area contributed by atoms with E-state index in [9.17, 15) is 9.59 Å². The molecule has 0 radical (unpaired) electrons. The molecule has 2 heterocycles. The van der Waals surface area contributed by atoms with Gasteiger partial charge in [-0.3, -0.25) is 19.2 Å². The fourth-order valence-corrected chi connectivity index (χ4v) is 4.21. The van der Waals surface area contributed by atoms with E-state index in [-0.39, 0.29) is 11.8 Å². The highest BCUT2D eigenvalue weighted by Crippen LogP contribution is 2.17. The van der Waals surface area contributed by atoms with Gasteiger partial charge in [0, 0.05) is 56.9 Å². The second-order valence-electron chi connectivity index (χ2n) is 9.45. The number of aromatic nitrogens is 2. The molecular weight excluding hydrogens is 430 g/mol. The van der Waals surface area contributed by atoms with Crippen LogP contribution in [0.25, 0.3) is 0 Å². The average Bonchev–Trinajstić information content (AvgIpc) is 3.07. The molecule has 0 saturated carbocycles. The number of carbonyl (C=O) groups excluding carboxylic acids is 2. The minimum absolute atomic E-state index is 0.00331. The Morgan fingerprint density at radius 3 is 2.62 bits per heavy atom. The number of nitrogens with one attached hydrogen (secondary N) is 2. The molecule has 1 aromatic heterocycles. The molecule has 1 aromatic carbocycles. The second kappa shape index (κ2) is 12.7. The van der Waals surface area contributed by atoms with Crippen molar-refractivity contribution in [1.29, 1.82) is 0 Å². The molecule has 8 heteroatoms. The Kier molecular flexibility index (Phi) is 9.65. The van der Waals surface area contributed by atoms with Crippen LogP contribution >= 0.6 is 0 Å². The van der Waals surface area contributed by atoms with E-state index in [0.717, 1.165) is 67.6 Å². The van der Waals surface area contributed by atoms with Crippen LogP contribution in [0.2, 0.25) is 0 Å². The first-order chi connectivity index (χ1) is 16.3. The fourth-order valence-electron chi connectivity index (χ4n) is 4.21. The summed E-state index contributed by atoms with van der Waals surface area (Å²) in [7, 11) is 0. The van der Waals surface area contributed by atoms with Crippen LogP contribution in [-0.2, 0) is 33.8 Å². The molecule has 1 aliphatic rings. The van der Waals surface area contributed by atoms with Crippen molar-refractivity contribution in [2.45, 2.75) is 60.0 Å². The van der Waals surface area contributed by atoms with E-state index in [4.69, 9.17) is 4.74 Å².